The molecule has 2 aliphatic heterocycles. The summed E-state index contributed by atoms with van der Waals surface area (Å²) in [6.45, 7) is 7.00. The minimum Gasteiger partial charge on any atom is -0.375 e. The summed E-state index contributed by atoms with van der Waals surface area (Å²) in [4.78, 5) is 21.4. The quantitative estimate of drug-likeness (QED) is 0.874. The predicted molar refractivity (Wildman–Crippen MR) is 105 cm³/mol. The van der Waals surface area contributed by atoms with E-state index < -0.39 is 0 Å². The fourth-order valence-electron chi connectivity index (χ4n) is 3.82. The Balaban J connectivity index is 1.47. The molecule has 2 amide bonds. The molecule has 8 heteroatoms. The van der Waals surface area contributed by atoms with Gasteiger partial charge in [0, 0.05) is 37.3 Å². The van der Waals surface area contributed by atoms with Gasteiger partial charge in [-0.2, -0.15) is 4.98 Å². The van der Waals surface area contributed by atoms with Crippen molar-refractivity contribution in [2.45, 2.75) is 38.8 Å². The number of hydrogen-bond donors (Lipinski definition) is 1. The van der Waals surface area contributed by atoms with Gasteiger partial charge in [0.05, 0.1) is 18.8 Å². The van der Waals surface area contributed by atoms with Gasteiger partial charge in [0.2, 0.25) is 0 Å². The average Bonchev–Trinajstić information content (AvgIpc) is 3.19. The van der Waals surface area contributed by atoms with Gasteiger partial charge >= 0.3 is 6.03 Å². The number of likely N-dealkylation sites (tertiary alicyclic amines) is 1. The lowest BCUT2D eigenvalue weighted by atomic mass is 9.99. The third-order valence-corrected chi connectivity index (χ3v) is 5.66. The van der Waals surface area contributed by atoms with Gasteiger partial charge in [-0.3, -0.25) is 4.90 Å². The predicted octanol–water partition coefficient (Wildman–Crippen LogP) is 2.54. The second kappa shape index (κ2) is 7.89. The maximum Gasteiger partial charge on any atom is 0.321 e. The smallest absolute Gasteiger partial charge is 0.321 e. The Labute approximate surface area is 164 Å². The van der Waals surface area contributed by atoms with Gasteiger partial charge in [0.15, 0.2) is 5.82 Å². The van der Waals surface area contributed by atoms with Gasteiger partial charge in [0.1, 0.15) is 0 Å². The fraction of sp³-hybridized carbons (Fsp3) is 0.550. The number of carbonyl (C=O) groups is 1. The van der Waals surface area contributed by atoms with Crippen LogP contribution in [0.25, 0.3) is 11.5 Å². The number of morpholine rings is 1. The topological polar surface area (TPSA) is 83.7 Å². The van der Waals surface area contributed by atoms with Crippen molar-refractivity contribution in [1.82, 2.24) is 19.9 Å². The summed E-state index contributed by atoms with van der Waals surface area (Å²) in [6.07, 6.45) is 1.80. The number of fused-ring (bicyclic) bond motifs is 1. The first-order chi connectivity index (χ1) is 13.5. The van der Waals surface area contributed by atoms with E-state index in [0.717, 1.165) is 36.4 Å². The minimum absolute atomic E-state index is 0.0857. The van der Waals surface area contributed by atoms with Crippen molar-refractivity contribution < 1.29 is 14.1 Å². The Morgan fingerprint density at radius 3 is 3.00 bits per heavy atom. The van der Waals surface area contributed by atoms with Crippen LogP contribution in [0.3, 0.4) is 0 Å². The van der Waals surface area contributed by atoms with E-state index in [2.05, 4.69) is 27.4 Å². The average molecular weight is 385 g/mol. The number of ether oxygens (including phenoxy) is 1. The highest BCUT2D eigenvalue weighted by molar-refractivity contribution is 5.91. The van der Waals surface area contributed by atoms with Crippen LogP contribution in [-0.2, 0) is 11.2 Å². The number of rotatable bonds is 3. The molecule has 28 heavy (non-hydrogen) atoms. The fourth-order valence-corrected chi connectivity index (χ4v) is 3.82. The van der Waals surface area contributed by atoms with Crippen LogP contribution in [0.5, 0.6) is 0 Å². The monoisotopic (exact) mass is 385 g/mol. The molecule has 0 bridgehead atoms. The molecule has 2 aromatic rings. The number of benzene rings is 1. The molecule has 2 atom stereocenters. The zero-order valence-corrected chi connectivity index (χ0v) is 16.6. The van der Waals surface area contributed by atoms with E-state index >= 15 is 0 Å². The molecule has 3 heterocycles. The number of aromatic nitrogens is 2. The van der Waals surface area contributed by atoms with Crippen LogP contribution in [-0.4, -0.2) is 71.4 Å². The zero-order valence-electron chi connectivity index (χ0n) is 16.6. The maximum atomic E-state index is 12.9. The highest BCUT2D eigenvalue weighted by Crippen LogP contribution is 2.26. The van der Waals surface area contributed by atoms with Crippen molar-refractivity contribution in [1.29, 1.82) is 0 Å². The molecule has 1 aromatic heterocycles. The van der Waals surface area contributed by atoms with Crippen molar-refractivity contribution in [3.8, 4) is 11.5 Å². The van der Waals surface area contributed by atoms with Crippen LogP contribution in [0, 0.1) is 6.92 Å². The van der Waals surface area contributed by atoms with Gasteiger partial charge in [-0.1, -0.05) is 18.1 Å². The normalized spacial score (nSPS) is 22.8. The van der Waals surface area contributed by atoms with Crippen LogP contribution < -0.4 is 5.32 Å². The van der Waals surface area contributed by atoms with Crippen LogP contribution in [0.15, 0.2) is 22.7 Å². The molecule has 1 N–H and O–H groups in total. The zero-order chi connectivity index (χ0) is 19.7. The lowest BCUT2D eigenvalue weighted by Gasteiger charge is -2.45. The van der Waals surface area contributed by atoms with E-state index in [4.69, 9.17) is 9.26 Å². The van der Waals surface area contributed by atoms with Crippen LogP contribution >= 0.6 is 0 Å². The van der Waals surface area contributed by atoms with E-state index in [1.54, 1.807) is 0 Å². The Kier molecular flexibility index (Phi) is 5.32. The minimum atomic E-state index is -0.0857. The van der Waals surface area contributed by atoms with Crippen LogP contribution in [0.2, 0.25) is 0 Å². The van der Waals surface area contributed by atoms with E-state index in [0.29, 0.717) is 31.2 Å². The van der Waals surface area contributed by atoms with Gasteiger partial charge in [-0.05, 0) is 38.1 Å². The SMILES string of the molecule is CCc1noc(-c2ccc(C)c(NC(=O)N3CC[C@H]4OCCN(C)[C@H]4C3)c2)n1. The number of carbonyl (C=O) groups excluding carboxylic acids is 1. The number of amides is 2. The third kappa shape index (κ3) is 3.74. The molecule has 0 spiro atoms. The molecule has 1 aromatic carbocycles. The molecule has 2 fully saturated rings. The number of aryl methyl sites for hydroxylation is 2. The summed E-state index contributed by atoms with van der Waals surface area (Å²) < 4.78 is 11.2. The van der Waals surface area contributed by atoms with Crippen molar-refractivity contribution in [3.05, 3.63) is 29.6 Å². The van der Waals surface area contributed by atoms with E-state index in [-0.39, 0.29) is 18.2 Å². The van der Waals surface area contributed by atoms with Crippen molar-refractivity contribution in [2.24, 2.45) is 0 Å². The number of urea groups is 1. The standard InChI is InChI=1S/C20H27N5O3/c1-4-18-22-19(28-23-18)14-6-5-13(2)15(11-14)21-20(26)25-8-7-17-16(12-25)24(3)9-10-27-17/h5-6,11,16-17H,4,7-10,12H2,1-3H3,(H,21,26)/t16-,17+/m0/s1. The number of hydrogen-bond acceptors (Lipinski definition) is 6. The molecule has 4 rings (SSSR count). The third-order valence-electron chi connectivity index (χ3n) is 5.66. The summed E-state index contributed by atoms with van der Waals surface area (Å²) in [6, 6.07) is 5.94. The first-order valence-electron chi connectivity index (χ1n) is 9.86. The van der Waals surface area contributed by atoms with E-state index in [1.165, 1.54) is 0 Å². The Bertz CT molecular complexity index is 852. The Morgan fingerprint density at radius 1 is 1.36 bits per heavy atom. The van der Waals surface area contributed by atoms with E-state index in [1.807, 2.05) is 36.9 Å². The maximum absolute atomic E-state index is 12.9. The molecule has 0 aliphatic carbocycles. The Hall–Kier alpha value is -2.45. The molecule has 150 valence electrons. The molecule has 2 saturated heterocycles. The van der Waals surface area contributed by atoms with Crippen molar-refractivity contribution in [3.63, 3.8) is 0 Å². The van der Waals surface area contributed by atoms with Gasteiger partial charge in [0.25, 0.3) is 5.89 Å². The number of piperidine rings is 1. The molecular formula is C20H27N5O3. The second-order valence-electron chi connectivity index (χ2n) is 7.52. The first kappa shape index (κ1) is 18.9. The molecule has 2 aliphatic rings. The lowest BCUT2D eigenvalue weighted by Crippen LogP contribution is -2.60. The summed E-state index contributed by atoms with van der Waals surface area (Å²) in [5, 5.41) is 7.00. The summed E-state index contributed by atoms with van der Waals surface area (Å²) in [7, 11) is 2.10. The summed E-state index contributed by atoms with van der Waals surface area (Å²) in [5.41, 5.74) is 2.54. The lowest BCUT2D eigenvalue weighted by molar-refractivity contribution is -0.0875. The van der Waals surface area contributed by atoms with Crippen LogP contribution in [0.4, 0.5) is 10.5 Å². The van der Waals surface area contributed by atoms with Gasteiger partial charge in [-0.25, -0.2) is 4.79 Å². The highest BCUT2D eigenvalue weighted by Gasteiger charge is 2.36. The van der Waals surface area contributed by atoms with Gasteiger partial charge in [-0.15, -0.1) is 0 Å². The second-order valence-corrected chi connectivity index (χ2v) is 7.52. The largest absolute Gasteiger partial charge is 0.375 e. The highest BCUT2D eigenvalue weighted by atomic mass is 16.5. The van der Waals surface area contributed by atoms with E-state index in [9.17, 15) is 4.79 Å². The number of nitrogens with one attached hydrogen (secondary N) is 1. The van der Waals surface area contributed by atoms with Crippen molar-refractivity contribution in [2.75, 3.05) is 38.6 Å². The number of anilines is 1. The van der Waals surface area contributed by atoms with Crippen molar-refractivity contribution >= 4 is 11.7 Å². The molecular weight excluding hydrogens is 358 g/mol. The Morgan fingerprint density at radius 2 is 2.21 bits per heavy atom. The number of nitrogens with zero attached hydrogens (tertiary/aromatic N) is 4. The van der Waals surface area contributed by atoms with Crippen LogP contribution in [0.1, 0.15) is 24.7 Å². The number of likely N-dealkylation sites (N-methyl/N-ethyl adjacent to an activating group) is 1. The molecule has 0 saturated carbocycles. The summed E-state index contributed by atoms with van der Waals surface area (Å²) >= 11 is 0. The molecule has 0 radical (unpaired) electrons. The molecule has 0 unspecified atom stereocenters. The first-order valence-corrected chi connectivity index (χ1v) is 9.86. The summed E-state index contributed by atoms with van der Waals surface area (Å²) in [5.74, 6) is 1.14. The van der Waals surface area contributed by atoms with Gasteiger partial charge < -0.3 is 19.5 Å². The molecule has 8 nitrogen and oxygen atoms in total.